The van der Waals surface area contributed by atoms with Gasteiger partial charge in [0.15, 0.2) is 0 Å². The number of fused-ring (bicyclic) bond motifs is 1. The number of hydrogen-bond acceptors (Lipinski definition) is 5. The van der Waals surface area contributed by atoms with Gasteiger partial charge in [0.05, 0.1) is 24.2 Å². The van der Waals surface area contributed by atoms with Gasteiger partial charge < -0.3 is 15.0 Å². The second-order valence-electron chi connectivity index (χ2n) is 7.53. The standard InChI is InChI=1S/C20H27N3O3S/c24-19(13-18-20(25)21-16-3-1-2-4-17(16)27-18)23-7-5-15(6-8-23)14-22-9-11-26-12-10-22/h1-4,15,18H,5-14H2,(H,21,25). The maximum atomic E-state index is 12.7. The Hall–Kier alpha value is -1.57. The fraction of sp³-hybridized carbons (Fsp3) is 0.600. The van der Waals surface area contributed by atoms with E-state index in [-0.39, 0.29) is 23.5 Å². The number of piperidine rings is 1. The van der Waals surface area contributed by atoms with Crippen molar-refractivity contribution in [2.45, 2.75) is 29.4 Å². The molecule has 0 radical (unpaired) electrons. The molecule has 1 N–H and O–H groups in total. The van der Waals surface area contributed by atoms with Crippen LogP contribution in [0.5, 0.6) is 0 Å². The van der Waals surface area contributed by atoms with Gasteiger partial charge in [-0.2, -0.15) is 0 Å². The minimum Gasteiger partial charge on any atom is -0.379 e. The summed E-state index contributed by atoms with van der Waals surface area (Å²) in [6.07, 6.45) is 2.38. The van der Waals surface area contributed by atoms with E-state index in [0.29, 0.717) is 5.92 Å². The van der Waals surface area contributed by atoms with Crippen LogP contribution in [0.3, 0.4) is 0 Å². The highest BCUT2D eigenvalue weighted by atomic mass is 32.2. The van der Waals surface area contributed by atoms with E-state index in [9.17, 15) is 9.59 Å². The van der Waals surface area contributed by atoms with Gasteiger partial charge in [0.1, 0.15) is 0 Å². The topological polar surface area (TPSA) is 61.9 Å². The number of amides is 2. The molecule has 3 heterocycles. The molecule has 4 rings (SSSR count). The smallest absolute Gasteiger partial charge is 0.238 e. The summed E-state index contributed by atoms with van der Waals surface area (Å²) in [4.78, 5) is 30.5. The lowest BCUT2D eigenvalue weighted by Gasteiger charge is -2.36. The number of morpholine rings is 1. The molecule has 6 nitrogen and oxygen atoms in total. The van der Waals surface area contributed by atoms with E-state index in [0.717, 1.165) is 69.4 Å². The lowest BCUT2D eigenvalue weighted by Crippen LogP contribution is -2.45. The number of thioether (sulfide) groups is 1. The third-order valence-electron chi connectivity index (χ3n) is 5.65. The summed E-state index contributed by atoms with van der Waals surface area (Å²) in [6.45, 7) is 6.45. The highest BCUT2D eigenvalue weighted by Gasteiger charge is 2.32. The SMILES string of the molecule is O=C1Nc2ccccc2SC1CC(=O)N1CCC(CN2CCOCC2)CC1. The highest BCUT2D eigenvalue weighted by molar-refractivity contribution is 8.01. The number of ether oxygens (including phenoxy) is 1. The number of nitrogens with one attached hydrogen (secondary N) is 1. The molecule has 2 saturated heterocycles. The number of rotatable bonds is 4. The Labute approximate surface area is 164 Å². The Morgan fingerprint density at radius 1 is 1.15 bits per heavy atom. The van der Waals surface area contributed by atoms with Crippen molar-refractivity contribution in [3.8, 4) is 0 Å². The number of carbonyl (C=O) groups excluding carboxylic acids is 2. The quantitative estimate of drug-likeness (QED) is 0.854. The Kier molecular flexibility index (Phi) is 6.00. The monoisotopic (exact) mass is 389 g/mol. The van der Waals surface area contributed by atoms with Crippen molar-refractivity contribution in [3.05, 3.63) is 24.3 Å². The Bertz CT molecular complexity index is 685. The first kappa shape index (κ1) is 18.8. The average Bonchev–Trinajstić information content (AvgIpc) is 2.70. The third-order valence-corrected chi connectivity index (χ3v) is 6.93. The van der Waals surface area contributed by atoms with Crippen molar-refractivity contribution in [2.24, 2.45) is 5.92 Å². The van der Waals surface area contributed by atoms with Crippen molar-refractivity contribution in [2.75, 3.05) is 51.3 Å². The van der Waals surface area contributed by atoms with Gasteiger partial charge in [-0.15, -0.1) is 11.8 Å². The van der Waals surface area contributed by atoms with Gasteiger partial charge >= 0.3 is 0 Å². The highest BCUT2D eigenvalue weighted by Crippen LogP contribution is 2.37. The predicted molar refractivity (Wildman–Crippen MR) is 106 cm³/mol. The summed E-state index contributed by atoms with van der Waals surface area (Å²) in [5.74, 6) is 0.701. The lowest BCUT2D eigenvalue weighted by atomic mass is 9.95. The zero-order valence-electron chi connectivity index (χ0n) is 15.6. The van der Waals surface area contributed by atoms with Crippen LogP contribution in [-0.2, 0) is 14.3 Å². The molecule has 0 bridgehead atoms. The number of likely N-dealkylation sites (tertiary alicyclic amines) is 1. The molecule has 27 heavy (non-hydrogen) atoms. The van der Waals surface area contributed by atoms with Gasteiger partial charge in [0, 0.05) is 44.0 Å². The molecular weight excluding hydrogens is 362 g/mol. The summed E-state index contributed by atoms with van der Waals surface area (Å²) >= 11 is 1.50. The van der Waals surface area contributed by atoms with Gasteiger partial charge in [0.25, 0.3) is 0 Å². The van der Waals surface area contributed by atoms with Crippen LogP contribution in [0.25, 0.3) is 0 Å². The van der Waals surface area contributed by atoms with E-state index >= 15 is 0 Å². The first-order valence-corrected chi connectivity index (χ1v) is 10.7. The van der Waals surface area contributed by atoms with E-state index < -0.39 is 0 Å². The number of nitrogens with zero attached hydrogens (tertiary/aromatic N) is 2. The van der Waals surface area contributed by atoms with Crippen LogP contribution in [0.2, 0.25) is 0 Å². The zero-order chi connectivity index (χ0) is 18.6. The summed E-state index contributed by atoms with van der Waals surface area (Å²) < 4.78 is 5.41. The number of para-hydroxylation sites is 1. The molecule has 0 aromatic heterocycles. The third kappa shape index (κ3) is 4.65. The van der Waals surface area contributed by atoms with Gasteiger partial charge in [-0.25, -0.2) is 0 Å². The predicted octanol–water partition coefficient (Wildman–Crippen LogP) is 2.06. The van der Waals surface area contributed by atoms with Crippen LogP contribution in [0.1, 0.15) is 19.3 Å². The van der Waals surface area contributed by atoms with Crippen molar-refractivity contribution < 1.29 is 14.3 Å². The minimum absolute atomic E-state index is 0.0609. The Morgan fingerprint density at radius 2 is 1.89 bits per heavy atom. The molecule has 1 unspecified atom stereocenters. The largest absolute Gasteiger partial charge is 0.379 e. The summed E-state index contributed by atoms with van der Waals surface area (Å²) in [5, 5.41) is 2.59. The van der Waals surface area contributed by atoms with Gasteiger partial charge in [0.2, 0.25) is 11.8 Å². The molecule has 2 amide bonds. The molecule has 2 fully saturated rings. The van der Waals surface area contributed by atoms with E-state index in [1.165, 1.54) is 11.8 Å². The Morgan fingerprint density at radius 3 is 2.67 bits per heavy atom. The van der Waals surface area contributed by atoms with Crippen molar-refractivity contribution in [1.82, 2.24) is 9.80 Å². The van der Waals surface area contributed by atoms with Gasteiger partial charge in [-0.3, -0.25) is 14.5 Å². The number of benzene rings is 1. The molecule has 146 valence electrons. The van der Waals surface area contributed by atoms with E-state index in [1.54, 1.807) is 0 Å². The minimum atomic E-state index is -0.335. The van der Waals surface area contributed by atoms with Crippen LogP contribution in [0, 0.1) is 5.92 Å². The van der Waals surface area contributed by atoms with Crippen LogP contribution >= 0.6 is 11.8 Å². The molecule has 1 aromatic carbocycles. The molecule has 0 aliphatic carbocycles. The molecule has 7 heteroatoms. The lowest BCUT2D eigenvalue weighted by molar-refractivity contribution is -0.134. The first-order valence-electron chi connectivity index (χ1n) is 9.83. The van der Waals surface area contributed by atoms with Crippen LogP contribution < -0.4 is 5.32 Å². The van der Waals surface area contributed by atoms with Crippen LogP contribution in [0.4, 0.5) is 5.69 Å². The van der Waals surface area contributed by atoms with Crippen molar-refractivity contribution in [3.63, 3.8) is 0 Å². The molecule has 1 aromatic rings. The molecule has 3 aliphatic rings. The number of hydrogen-bond donors (Lipinski definition) is 1. The summed E-state index contributed by atoms with van der Waals surface area (Å²) in [5.41, 5.74) is 0.847. The molecule has 3 aliphatic heterocycles. The fourth-order valence-corrected chi connectivity index (χ4v) is 5.13. The maximum absolute atomic E-state index is 12.7. The van der Waals surface area contributed by atoms with E-state index in [2.05, 4.69) is 10.2 Å². The number of anilines is 1. The average molecular weight is 390 g/mol. The zero-order valence-corrected chi connectivity index (χ0v) is 16.4. The van der Waals surface area contributed by atoms with Crippen LogP contribution in [-0.4, -0.2) is 72.8 Å². The Balaban J connectivity index is 1.25. The molecular formula is C20H27N3O3S. The fourth-order valence-electron chi connectivity index (χ4n) is 4.03. The molecule has 0 spiro atoms. The second kappa shape index (κ2) is 8.63. The summed E-state index contributed by atoms with van der Waals surface area (Å²) in [7, 11) is 0. The van der Waals surface area contributed by atoms with Crippen molar-refractivity contribution in [1.29, 1.82) is 0 Å². The molecule has 0 saturated carbocycles. The number of carbonyl (C=O) groups is 2. The maximum Gasteiger partial charge on any atom is 0.238 e. The normalized spacial score (nSPS) is 24.4. The first-order chi connectivity index (χ1) is 13.2. The summed E-state index contributed by atoms with van der Waals surface area (Å²) in [6, 6.07) is 7.76. The van der Waals surface area contributed by atoms with Crippen molar-refractivity contribution >= 4 is 29.3 Å². The van der Waals surface area contributed by atoms with Crippen LogP contribution in [0.15, 0.2) is 29.2 Å². The van der Waals surface area contributed by atoms with Gasteiger partial charge in [-0.05, 0) is 30.9 Å². The van der Waals surface area contributed by atoms with E-state index in [4.69, 9.17) is 4.74 Å². The second-order valence-corrected chi connectivity index (χ2v) is 8.78. The van der Waals surface area contributed by atoms with Gasteiger partial charge in [-0.1, -0.05) is 12.1 Å². The molecule has 1 atom stereocenters. The van der Waals surface area contributed by atoms with E-state index in [1.807, 2.05) is 29.2 Å².